The van der Waals surface area contributed by atoms with Crippen molar-refractivity contribution in [2.45, 2.75) is 38.1 Å². The van der Waals surface area contributed by atoms with Crippen molar-refractivity contribution in [3.05, 3.63) is 30.1 Å². The quantitative estimate of drug-likeness (QED) is 0.488. The first-order valence-corrected chi connectivity index (χ1v) is 8.45. The van der Waals surface area contributed by atoms with Gasteiger partial charge in [-0.1, -0.05) is 19.3 Å². The molecule has 1 aliphatic carbocycles. The van der Waals surface area contributed by atoms with Crippen LogP contribution in [0.15, 0.2) is 24.5 Å². The highest BCUT2D eigenvalue weighted by Gasteiger charge is 2.29. The fourth-order valence-corrected chi connectivity index (χ4v) is 2.97. The van der Waals surface area contributed by atoms with Gasteiger partial charge < -0.3 is 10.1 Å². The Labute approximate surface area is 142 Å². The molecule has 0 saturated heterocycles. The molecule has 7 nitrogen and oxygen atoms in total. The minimum Gasteiger partial charge on any atom is -0.383 e. The molecule has 132 valence electrons. The number of hydrogen-bond acceptors (Lipinski definition) is 5. The maximum Gasteiger partial charge on any atom is 0.265 e. The zero-order valence-corrected chi connectivity index (χ0v) is 14.1. The molecule has 1 fully saturated rings. The van der Waals surface area contributed by atoms with Crippen LogP contribution < -0.4 is 16.2 Å². The number of hydrazine groups is 1. The third kappa shape index (κ3) is 5.58. The van der Waals surface area contributed by atoms with Gasteiger partial charge in [-0.15, -0.1) is 0 Å². The maximum absolute atomic E-state index is 12.5. The van der Waals surface area contributed by atoms with Gasteiger partial charge in [0.2, 0.25) is 5.91 Å². The van der Waals surface area contributed by atoms with Crippen molar-refractivity contribution in [2.24, 2.45) is 5.92 Å². The van der Waals surface area contributed by atoms with E-state index in [1.54, 1.807) is 31.6 Å². The van der Waals surface area contributed by atoms with Crippen LogP contribution in [0.2, 0.25) is 0 Å². The third-order valence-corrected chi connectivity index (χ3v) is 4.29. The Bertz CT molecular complexity index is 518. The number of nitrogens with one attached hydrogen (secondary N) is 3. The van der Waals surface area contributed by atoms with E-state index in [9.17, 15) is 9.59 Å². The molecule has 2 amide bonds. The Kier molecular flexibility index (Phi) is 7.64. The molecule has 7 heteroatoms. The predicted octanol–water partition coefficient (Wildman–Crippen LogP) is 1.03. The molecular weight excluding hydrogens is 308 g/mol. The van der Waals surface area contributed by atoms with Crippen molar-refractivity contribution < 1.29 is 14.3 Å². The van der Waals surface area contributed by atoms with Gasteiger partial charge in [-0.05, 0) is 30.9 Å². The Hall–Kier alpha value is -1.99. The standard InChI is InChI=1S/C17H26N4O3/c1-24-12-11-19-17(23)15(13-5-3-2-4-6-13)20-21-16(22)14-7-9-18-10-8-14/h7-10,13,15,20H,2-6,11-12H2,1H3,(H,19,23)(H,21,22). The number of amides is 2. The highest BCUT2D eigenvalue weighted by atomic mass is 16.5. The van der Waals surface area contributed by atoms with Gasteiger partial charge in [-0.25, -0.2) is 5.43 Å². The second kappa shape index (κ2) is 10.00. The number of nitrogens with zero attached hydrogens (tertiary/aromatic N) is 1. The number of hydrogen-bond donors (Lipinski definition) is 3. The summed E-state index contributed by atoms with van der Waals surface area (Å²) < 4.78 is 4.96. The zero-order chi connectivity index (χ0) is 17.2. The number of carbonyl (C=O) groups excluding carboxylic acids is 2. The summed E-state index contributed by atoms with van der Waals surface area (Å²) in [6, 6.07) is 2.82. The second-order valence-electron chi connectivity index (χ2n) is 5.99. The van der Waals surface area contributed by atoms with Crippen molar-refractivity contribution in [3.63, 3.8) is 0 Å². The molecule has 1 heterocycles. The summed E-state index contributed by atoms with van der Waals surface area (Å²) >= 11 is 0. The Morgan fingerprint density at radius 1 is 1.25 bits per heavy atom. The predicted molar refractivity (Wildman–Crippen MR) is 90.1 cm³/mol. The van der Waals surface area contributed by atoms with Crippen molar-refractivity contribution in [3.8, 4) is 0 Å². The molecule has 3 N–H and O–H groups in total. The highest BCUT2D eigenvalue weighted by Crippen LogP contribution is 2.26. The van der Waals surface area contributed by atoms with Crippen LogP contribution >= 0.6 is 0 Å². The van der Waals surface area contributed by atoms with Crippen LogP contribution in [0.3, 0.4) is 0 Å². The maximum atomic E-state index is 12.5. The van der Waals surface area contributed by atoms with E-state index in [0.717, 1.165) is 25.7 Å². The van der Waals surface area contributed by atoms with Gasteiger partial charge in [0.1, 0.15) is 6.04 Å². The van der Waals surface area contributed by atoms with Gasteiger partial charge in [0.15, 0.2) is 0 Å². The molecule has 0 spiro atoms. The number of aromatic nitrogens is 1. The molecule has 24 heavy (non-hydrogen) atoms. The van der Waals surface area contributed by atoms with E-state index in [0.29, 0.717) is 18.7 Å². The number of ether oxygens (including phenoxy) is 1. The Morgan fingerprint density at radius 3 is 2.62 bits per heavy atom. The fraction of sp³-hybridized carbons (Fsp3) is 0.588. The molecule has 1 saturated carbocycles. The normalized spacial score (nSPS) is 16.4. The topological polar surface area (TPSA) is 92.4 Å². The lowest BCUT2D eigenvalue weighted by molar-refractivity contribution is -0.125. The molecule has 1 aromatic rings. The molecule has 0 radical (unpaired) electrons. The molecule has 0 bridgehead atoms. The monoisotopic (exact) mass is 334 g/mol. The first kappa shape index (κ1) is 18.4. The molecule has 0 aliphatic heterocycles. The van der Waals surface area contributed by atoms with Gasteiger partial charge in [0.05, 0.1) is 6.61 Å². The number of rotatable bonds is 8. The molecule has 2 rings (SSSR count). The molecule has 0 aromatic carbocycles. The van der Waals surface area contributed by atoms with Gasteiger partial charge in [-0.3, -0.25) is 20.0 Å². The van der Waals surface area contributed by atoms with E-state index in [1.807, 2.05) is 0 Å². The fourth-order valence-electron chi connectivity index (χ4n) is 2.97. The van der Waals surface area contributed by atoms with E-state index in [4.69, 9.17) is 4.74 Å². The molecule has 1 atom stereocenters. The van der Waals surface area contributed by atoms with Crippen LogP contribution in [0.1, 0.15) is 42.5 Å². The summed E-state index contributed by atoms with van der Waals surface area (Å²) in [5.74, 6) is -0.157. The lowest BCUT2D eigenvalue weighted by Gasteiger charge is -2.30. The van der Waals surface area contributed by atoms with Gasteiger partial charge in [-0.2, -0.15) is 0 Å². The summed E-state index contributed by atoms with van der Waals surface area (Å²) in [6.45, 7) is 0.922. The number of carbonyl (C=O) groups is 2. The van der Waals surface area contributed by atoms with Crippen LogP contribution in [0.4, 0.5) is 0 Å². The SMILES string of the molecule is COCCNC(=O)C(NNC(=O)c1ccncc1)C1CCCCC1. The van der Waals surface area contributed by atoms with Crippen molar-refractivity contribution in [1.29, 1.82) is 0 Å². The molecule has 1 aromatic heterocycles. The Morgan fingerprint density at radius 2 is 1.96 bits per heavy atom. The summed E-state index contributed by atoms with van der Waals surface area (Å²) in [6.07, 6.45) is 8.54. The largest absolute Gasteiger partial charge is 0.383 e. The average Bonchev–Trinajstić information content (AvgIpc) is 2.63. The van der Waals surface area contributed by atoms with Crippen molar-refractivity contribution in [1.82, 2.24) is 21.2 Å². The Balaban J connectivity index is 1.94. The molecule has 1 unspecified atom stereocenters. The van der Waals surface area contributed by atoms with Crippen molar-refractivity contribution >= 4 is 11.8 Å². The van der Waals surface area contributed by atoms with Gasteiger partial charge in [0.25, 0.3) is 5.91 Å². The minimum atomic E-state index is -0.437. The van der Waals surface area contributed by atoms with Crippen LogP contribution in [-0.2, 0) is 9.53 Å². The first-order chi connectivity index (χ1) is 11.7. The third-order valence-electron chi connectivity index (χ3n) is 4.29. The lowest BCUT2D eigenvalue weighted by atomic mass is 9.84. The summed E-state index contributed by atoms with van der Waals surface area (Å²) in [5.41, 5.74) is 6.10. The van der Waals surface area contributed by atoms with Crippen LogP contribution in [-0.4, -0.2) is 43.1 Å². The van der Waals surface area contributed by atoms with E-state index >= 15 is 0 Å². The minimum absolute atomic E-state index is 0.103. The van der Waals surface area contributed by atoms with E-state index in [2.05, 4.69) is 21.2 Å². The van der Waals surface area contributed by atoms with E-state index in [-0.39, 0.29) is 17.7 Å². The van der Waals surface area contributed by atoms with Gasteiger partial charge in [0, 0.05) is 31.6 Å². The van der Waals surface area contributed by atoms with E-state index < -0.39 is 6.04 Å². The first-order valence-electron chi connectivity index (χ1n) is 8.45. The lowest BCUT2D eigenvalue weighted by Crippen LogP contribution is -2.55. The van der Waals surface area contributed by atoms with Crippen LogP contribution in [0.5, 0.6) is 0 Å². The van der Waals surface area contributed by atoms with Gasteiger partial charge >= 0.3 is 0 Å². The summed E-state index contributed by atoms with van der Waals surface area (Å²) in [4.78, 5) is 28.5. The van der Waals surface area contributed by atoms with Crippen LogP contribution in [0.25, 0.3) is 0 Å². The molecule has 1 aliphatic rings. The second-order valence-corrected chi connectivity index (χ2v) is 5.99. The smallest absolute Gasteiger partial charge is 0.265 e. The van der Waals surface area contributed by atoms with E-state index in [1.165, 1.54) is 6.42 Å². The zero-order valence-electron chi connectivity index (χ0n) is 14.1. The molecular formula is C17H26N4O3. The average molecular weight is 334 g/mol. The number of methoxy groups -OCH3 is 1. The summed E-state index contributed by atoms with van der Waals surface area (Å²) in [5, 5.41) is 2.86. The number of pyridine rings is 1. The van der Waals surface area contributed by atoms with Crippen molar-refractivity contribution in [2.75, 3.05) is 20.3 Å². The van der Waals surface area contributed by atoms with Crippen LogP contribution in [0, 0.1) is 5.92 Å². The summed E-state index contributed by atoms with van der Waals surface area (Å²) in [7, 11) is 1.60. The highest BCUT2D eigenvalue weighted by molar-refractivity contribution is 5.94.